The van der Waals surface area contributed by atoms with Crippen molar-refractivity contribution >= 4 is 15.9 Å². The number of ketones is 1. The highest BCUT2D eigenvalue weighted by Crippen LogP contribution is 2.32. The number of carbonyl (C=O) groups is 1. The first-order valence-electron chi connectivity index (χ1n) is 6.43. The highest BCUT2D eigenvalue weighted by Gasteiger charge is 2.33. The van der Waals surface area contributed by atoms with Crippen LogP contribution in [0.4, 0.5) is 17.6 Å². The maximum Gasteiger partial charge on any atom is 0.416 e. The molecule has 0 saturated carbocycles. The van der Waals surface area contributed by atoms with Crippen LogP contribution in [0.2, 0.25) is 0 Å². The summed E-state index contributed by atoms with van der Waals surface area (Å²) in [7, 11) is -4.82. The molecule has 0 amide bonds. The van der Waals surface area contributed by atoms with Gasteiger partial charge in [-0.05, 0) is 49.4 Å². The van der Waals surface area contributed by atoms with Crippen LogP contribution in [0.25, 0.3) is 0 Å². The molecule has 0 fully saturated rings. The van der Waals surface area contributed by atoms with Gasteiger partial charge in [0.05, 0.1) is 5.56 Å². The third-order valence-corrected chi connectivity index (χ3v) is 4.26. The third kappa shape index (κ3) is 3.91. The van der Waals surface area contributed by atoms with Crippen molar-refractivity contribution in [3.05, 3.63) is 59.4 Å². The molecule has 0 saturated heterocycles. The van der Waals surface area contributed by atoms with E-state index in [0.29, 0.717) is 12.1 Å². The van der Waals surface area contributed by atoms with Crippen LogP contribution < -0.4 is 4.18 Å². The van der Waals surface area contributed by atoms with Crippen LogP contribution in [-0.2, 0) is 16.3 Å². The van der Waals surface area contributed by atoms with Gasteiger partial charge in [0.25, 0.3) is 0 Å². The lowest BCUT2D eigenvalue weighted by molar-refractivity contribution is -0.137. The maximum absolute atomic E-state index is 13.7. The highest BCUT2D eigenvalue weighted by molar-refractivity contribution is 7.87. The lowest BCUT2D eigenvalue weighted by atomic mass is 10.1. The van der Waals surface area contributed by atoms with Crippen molar-refractivity contribution in [3.63, 3.8) is 0 Å². The quantitative estimate of drug-likeness (QED) is 0.471. The molecule has 0 aromatic heterocycles. The lowest BCUT2D eigenvalue weighted by Gasteiger charge is -2.11. The van der Waals surface area contributed by atoms with E-state index < -0.39 is 32.6 Å². The lowest BCUT2D eigenvalue weighted by Crippen LogP contribution is -2.14. The van der Waals surface area contributed by atoms with Crippen LogP contribution in [0.3, 0.4) is 0 Å². The zero-order valence-electron chi connectivity index (χ0n) is 12.1. The van der Waals surface area contributed by atoms with Gasteiger partial charge in [0.2, 0.25) is 0 Å². The van der Waals surface area contributed by atoms with Gasteiger partial charge < -0.3 is 4.18 Å². The first kappa shape index (κ1) is 17.9. The molecule has 0 unspecified atom stereocenters. The molecule has 128 valence electrons. The van der Waals surface area contributed by atoms with Crippen molar-refractivity contribution in [2.75, 3.05) is 0 Å². The number of Topliss-reactive ketones (excluding diaryl/α,β-unsaturated/α-hetero) is 1. The van der Waals surface area contributed by atoms with Gasteiger partial charge in [-0.25, -0.2) is 4.39 Å². The molecule has 2 aromatic carbocycles. The van der Waals surface area contributed by atoms with E-state index in [4.69, 9.17) is 0 Å². The summed E-state index contributed by atoms with van der Waals surface area (Å²) in [6.07, 6.45) is -4.83. The molecule has 0 aliphatic carbocycles. The molecule has 0 spiro atoms. The Morgan fingerprint density at radius 1 is 1.04 bits per heavy atom. The summed E-state index contributed by atoms with van der Waals surface area (Å²) in [6.45, 7) is 1.30. The second-order valence-corrected chi connectivity index (χ2v) is 6.28. The Labute approximate surface area is 134 Å². The molecule has 9 heteroatoms. The average molecular weight is 362 g/mol. The molecule has 0 bridgehead atoms. The van der Waals surface area contributed by atoms with E-state index >= 15 is 0 Å². The van der Waals surface area contributed by atoms with Crippen molar-refractivity contribution in [1.29, 1.82) is 0 Å². The number of benzene rings is 2. The minimum atomic E-state index is -4.83. The first-order chi connectivity index (χ1) is 11.0. The number of hydrogen-bond acceptors (Lipinski definition) is 4. The normalized spacial score (nSPS) is 12.0. The van der Waals surface area contributed by atoms with Gasteiger partial charge in [0, 0.05) is 5.56 Å². The van der Waals surface area contributed by atoms with E-state index in [9.17, 15) is 30.8 Å². The summed E-state index contributed by atoms with van der Waals surface area (Å²) in [6, 6.07) is 5.81. The van der Waals surface area contributed by atoms with Crippen LogP contribution in [0.15, 0.2) is 47.4 Å². The zero-order valence-corrected chi connectivity index (χ0v) is 12.9. The minimum Gasteiger partial charge on any atom is -0.379 e. The Bertz CT molecular complexity index is 871. The summed E-state index contributed by atoms with van der Waals surface area (Å²) in [5, 5.41) is 0. The average Bonchev–Trinajstić information content (AvgIpc) is 2.46. The monoisotopic (exact) mass is 362 g/mol. The van der Waals surface area contributed by atoms with Crippen molar-refractivity contribution < 1.29 is 35.0 Å². The Balaban J connectivity index is 2.38. The van der Waals surface area contributed by atoms with Gasteiger partial charge in [-0.1, -0.05) is 0 Å². The number of hydrogen-bond donors (Lipinski definition) is 0. The Morgan fingerprint density at radius 2 is 1.62 bits per heavy atom. The van der Waals surface area contributed by atoms with Gasteiger partial charge >= 0.3 is 16.3 Å². The fourth-order valence-corrected chi connectivity index (χ4v) is 2.82. The molecule has 0 aliphatic heterocycles. The van der Waals surface area contributed by atoms with Crippen LogP contribution >= 0.6 is 0 Å². The molecule has 0 radical (unpaired) electrons. The molecule has 0 heterocycles. The standard InChI is InChI=1S/C15H10F4O4S/c1-9(20)10-2-5-12(6-3-10)23-24(21,22)14-8-11(15(17,18)19)4-7-13(14)16/h2-8H,1H3. The minimum absolute atomic E-state index is 0.161. The van der Waals surface area contributed by atoms with Gasteiger partial charge in [-0.2, -0.15) is 21.6 Å². The van der Waals surface area contributed by atoms with Crippen LogP contribution in [0, 0.1) is 5.82 Å². The van der Waals surface area contributed by atoms with Gasteiger partial charge in [-0.15, -0.1) is 0 Å². The SMILES string of the molecule is CC(=O)c1ccc(OS(=O)(=O)c2cc(C(F)(F)F)ccc2F)cc1. The zero-order chi connectivity index (χ0) is 18.1. The Morgan fingerprint density at radius 3 is 2.12 bits per heavy atom. The molecule has 2 aromatic rings. The predicted molar refractivity (Wildman–Crippen MR) is 75.7 cm³/mol. The Kier molecular flexibility index (Phi) is 4.66. The van der Waals surface area contributed by atoms with Gasteiger partial charge in [0.15, 0.2) is 5.78 Å². The predicted octanol–water partition coefficient (Wildman–Crippen LogP) is 3.81. The smallest absolute Gasteiger partial charge is 0.379 e. The number of alkyl halides is 3. The second kappa shape index (κ2) is 6.23. The van der Waals surface area contributed by atoms with E-state index in [2.05, 4.69) is 4.18 Å². The molecule has 4 nitrogen and oxygen atoms in total. The van der Waals surface area contributed by atoms with Crippen molar-refractivity contribution in [3.8, 4) is 5.75 Å². The molecule has 24 heavy (non-hydrogen) atoms. The second-order valence-electron chi connectivity index (χ2n) is 4.76. The highest BCUT2D eigenvalue weighted by atomic mass is 32.2. The summed E-state index contributed by atoms with van der Waals surface area (Å²) in [4.78, 5) is 9.90. The van der Waals surface area contributed by atoms with E-state index in [-0.39, 0.29) is 23.2 Å². The molecule has 2 rings (SSSR count). The summed E-state index contributed by atoms with van der Waals surface area (Å²) in [5.41, 5.74) is -1.04. The van der Waals surface area contributed by atoms with Crippen molar-refractivity contribution in [1.82, 2.24) is 0 Å². The van der Waals surface area contributed by atoms with E-state index in [1.807, 2.05) is 0 Å². The van der Waals surface area contributed by atoms with Crippen molar-refractivity contribution in [2.24, 2.45) is 0 Å². The number of halogens is 4. The largest absolute Gasteiger partial charge is 0.416 e. The Hall–Kier alpha value is -2.42. The topological polar surface area (TPSA) is 60.4 Å². The molecular formula is C15H10F4O4S. The number of rotatable bonds is 4. The number of carbonyl (C=O) groups excluding carboxylic acids is 1. The van der Waals surface area contributed by atoms with E-state index in [1.165, 1.54) is 19.1 Å². The van der Waals surface area contributed by atoms with Crippen molar-refractivity contribution in [2.45, 2.75) is 18.0 Å². The first-order valence-corrected chi connectivity index (χ1v) is 7.84. The van der Waals surface area contributed by atoms with Crippen LogP contribution in [-0.4, -0.2) is 14.2 Å². The molecule has 0 N–H and O–H groups in total. The van der Waals surface area contributed by atoms with Crippen LogP contribution in [0.5, 0.6) is 5.75 Å². The summed E-state index contributed by atoms with van der Waals surface area (Å²) >= 11 is 0. The fraction of sp³-hybridized carbons (Fsp3) is 0.133. The van der Waals surface area contributed by atoms with E-state index in [1.54, 1.807) is 0 Å². The van der Waals surface area contributed by atoms with Crippen LogP contribution in [0.1, 0.15) is 22.8 Å². The summed E-state index contributed by atoms with van der Waals surface area (Å²) < 4.78 is 80.3. The third-order valence-electron chi connectivity index (χ3n) is 2.99. The van der Waals surface area contributed by atoms with Gasteiger partial charge in [0.1, 0.15) is 16.5 Å². The van der Waals surface area contributed by atoms with E-state index in [0.717, 1.165) is 12.1 Å². The van der Waals surface area contributed by atoms with Gasteiger partial charge in [-0.3, -0.25) is 4.79 Å². The molecule has 0 atom stereocenters. The molecular weight excluding hydrogens is 352 g/mol. The molecule has 0 aliphatic rings. The maximum atomic E-state index is 13.7. The summed E-state index contributed by atoms with van der Waals surface area (Å²) in [5.74, 6) is -1.91. The fourth-order valence-electron chi connectivity index (χ4n) is 1.79.